The predicted octanol–water partition coefficient (Wildman–Crippen LogP) is 4.10. The van der Waals surface area contributed by atoms with Crippen LogP contribution >= 0.6 is 0 Å². The molecule has 2 aromatic carbocycles. The van der Waals surface area contributed by atoms with Crippen molar-refractivity contribution in [3.63, 3.8) is 0 Å². The van der Waals surface area contributed by atoms with Gasteiger partial charge in [0.05, 0.1) is 19.2 Å². The van der Waals surface area contributed by atoms with Crippen LogP contribution in [-0.4, -0.2) is 40.5 Å². The molecule has 0 radical (unpaired) electrons. The lowest BCUT2D eigenvalue weighted by atomic mass is 9.93. The number of hydrogen-bond donors (Lipinski definition) is 1. The van der Waals surface area contributed by atoms with Gasteiger partial charge in [-0.25, -0.2) is 4.79 Å². The third-order valence-electron chi connectivity index (χ3n) is 5.95. The number of urea groups is 1. The molecule has 2 aliphatic heterocycles. The van der Waals surface area contributed by atoms with Crippen LogP contribution in [0, 0.1) is 0 Å². The van der Waals surface area contributed by atoms with Gasteiger partial charge in [0.2, 0.25) is 0 Å². The lowest BCUT2D eigenvalue weighted by Gasteiger charge is -2.34. The second-order valence-corrected chi connectivity index (χ2v) is 7.52. The third-order valence-corrected chi connectivity index (χ3v) is 5.95. The molecular weight excluding hydrogens is 338 g/mol. The normalized spacial score (nSPS) is 21.5. The lowest BCUT2D eigenvalue weighted by Crippen LogP contribution is -2.41. The van der Waals surface area contributed by atoms with Gasteiger partial charge in [0, 0.05) is 29.7 Å². The number of amides is 2. The summed E-state index contributed by atoms with van der Waals surface area (Å²) in [5.41, 5.74) is 4.77. The van der Waals surface area contributed by atoms with Crippen LogP contribution in [0.4, 0.5) is 4.79 Å². The minimum Gasteiger partial charge on any atom is -0.497 e. The Hall–Kier alpha value is -2.95. The number of carbonyl (C=O) groups excluding carboxylic acids is 1. The number of methoxy groups -OCH3 is 1. The van der Waals surface area contributed by atoms with Crippen molar-refractivity contribution < 1.29 is 9.53 Å². The number of nitrogens with zero attached hydrogens (tertiary/aromatic N) is 2. The summed E-state index contributed by atoms with van der Waals surface area (Å²) in [6, 6.07) is 16.8. The summed E-state index contributed by atoms with van der Waals surface area (Å²) in [7, 11) is 1.70. The highest BCUT2D eigenvalue weighted by molar-refractivity contribution is 5.88. The largest absolute Gasteiger partial charge is 0.497 e. The van der Waals surface area contributed by atoms with Gasteiger partial charge in [-0.2, -0.15) is 0 Å². The Bertz CT molecular complexity index is 1010. The summed E-state index contributed by atoms with van der Waals surface area (Å²) in [6.07, 6.45) is 0.879. The van der Waals surface area contributed by atoms with Crippen LogP contribution in [0.15, 0.2) is 48.5 Å². The number of H-pyrrole nitrogens is 1. The molecule has 5 nitrogen and oxygen atoms in total. The maximum atomic E-state index is 13.1. The van der Waals surface area contributed by atoms with Crippen LogP contribution in [0.3, 0.4) is 0 Å². The number of rotatable bonds is 3. The number of aromatic amines is 1. The Morgan fingerprint density at radius 2 is 2.00 bits per heavy atom. The molecule has 27 heavy (non-hydrogen) atoms. The second-order valence-electron chi connectivity index (χ2n) is 7.52. The highest BCUT2D eigenvalue weighted by Crippen LogP contribution is 2.41. The van der Waals surface area contributed by atoms with E-state index in [0.717, 1.165) is 29.9 Å². The standard InChI is InChI=1S/C22H23N3O2/c1-14-21-19(18-11-17(27-2)8-9-20(18)23-21)10-16-13-24(22(26)25(14)16)12-15-6-4-3-5-7-15/h3-9,11,14,16,23H,10,12-13H2,1-2H3. The van der Waals surface area contributed by atoms with Crippen molar-refractivity contribution in [3.05, 3.63) is 65.4 Å². The first-order valence-electron chi connectivity index (χ1n) is 9.45. The first-order chi connectivity index (χ1) is 13.2. The van der Waals surface area contributed by atoms with Crippen molar-refractivity contribution in [2.75, 3.05) is 13.7 Å². The van der Waals surface area contributed by atoms with E-state index in [9.17, 15) is 4.79 Å². The molecule has 0 spiro atoms. The van der Waals surface area contributed by atoms with E-state index in [1.54, 1.807) is 7.11 Å². The monoisotopic (exact) mass is 361 g/mol. The molecule has 5 rings (SSSR count). The van der Waals surface area contributed by atoms with Gasteiger partial charge in [-0.15, -0.1) is 0 Å². The minimum atomic E-state index is 0.0467. The van der Waals surface area contributed by atoms with E-state index in [4.69, 9.17) is 4.74 Å². The maximum absolute atomic E-state index is 13.1. The van der Waals surface area contributed by atoms with E-state index in [2.05, 4.69) is 41.1 Å². The maximum Gasteiger partial charge on any atom is 0.321 e. The smallest absolute Gasteiger partial charge is 0.321 e. The number of benzene rings is 2. The van der Waals surface area contributed by atoms with E-state index in [1.165, 1.54) is 16.5 Å². The number of hydrogen-bond acceptors (Lipinski definition) is 2. The summed E-state index contributed by atoms with van der Waals surface area (Å²) < 4.78 is 5.41. The first-order valence-corrected chi connectivity index (χ1v) is 9.45. The quantitative estimate of drug-likeness (QED) is 0.763. The molecule has 0 aliphatic carbocycles. The summed E-state index contributed by atoms with van der Waals surface area (Å²) >= 11 is 0. The highest BCUT2D eigenvalue weighted by atomic mass is 16.5. The van der Waals surface area contributed by atoms with Crippen molar-refractivity contribution in [1.29, 1.82) is 0 Å². The molecule has 1 fully saturated rings. The van der Waals surface area contributed by atoms with Crippen LogP contribution < -0.4 is 4.74 Å². The Kier molecular flexibility index (Phi) is 3.64. The van der Waals surface area contributed by atoms with E-state index in [1.807, 2.05) is 29.2 Å². The number of nitrogens with one attached hydrogen (secondary N) is 1. The molecule has 2 atom stereocenters. The van der Waals surface area contributed by atoms with Crippen molar-refractivity contribution in [2.45, 2.75) is 32.0 Å². The van der Waals surface area contributed by atoms with Crippen molar-refractivity contribution >= 4 is 16.9 Å². The summed E-state index contributed by atoms with van der Waals surface area (Å²) in [5.74, 6) is 0.868. The summed E-state index contributed by atoms with van der Waals surface area (Å²) in [6.45, 7) is 3.57. The fourth-order valence-electron chi connectivity index (χ4n) is 4.65. The van der Waals surface area contributed by atoms with E-state index >= 15 is 0 Å². The molecule has 0 saturated carbocycles. The zero-order chi connectivity index (χ0) is 18.5. The number of fused-ring (bicyclic) bond motifs is 4. The molecule has 2 amide bonds. The Morgan fingerprint density at radius 3 is 2.78 bits per heavy atom. The van der Waals surface area contributed by atoms with Gasteiger partial charge in [-0.1, -0.05) is 30.3 Å². The number of ether oxygens (including phenoxy) is 1. The van der Waals surface area contributed by atoms with Crippen LogP contribution in [0.25, 0.3) is 10.9 Å². The van der Waals surface area contributed by atoms with Gasteiger partial charge in [0.25, 0.3) is 0 Å². The molecule has 1 aromatic heterocycles. The fraction of sp³-hybridized carbons (Fsp3) is 0.318. The molecule has 138 valence electrons. The minimum absolute atomic E-state index is 0.0467. The van der Waals surface area contributed by atoms with E-state index in [-0.39, 0.29) is 18.1 Å². The molecular formula is C22H23N3O2. The molecule has 1 N–H and O–H groups in total. The molecule has 2 unspecified atom stereocenters. The van der Waals surface area contributed by atoms with Gasteiger partial charge in [0.15, 0.2) is 0 Å². The molecule has 0 bridgehead atoms. The van der Waals surface area contributed by atoms with Crippen LogP contribution in [0.2, 0.25) is 0 Å². The van der Waals surface area contributed by atoms with Gasteiger partial charge in [0.1, 0.15) is 5.75 Å². The number of carbonyl (C=O) groups is 1. The molecule has 5 heteroatoms. The summed E-state index contributed by atoms with van der Waals surface area (Å²) in [5, 5.41) is 1.21. The molecule has 1 saturated heterocycles. The van der Waals surface area contributed by atoms with Crippen molar-refractivity contribution in [1.82, 2.24) is 14.8 Å². The summed E-state index contributed by atoms with van der Waals surface area (Å²) in [4.78, 5) is 20.7. The fourth-order valence-corrected chi connectivity index (χ4v) is 4.65. The van der Waals surface area contributed by atoms with Crippen LogP contribution in [0.1, 0.15) is 29.8 Å². The van der Waals surface area contributed by atoms with Gasteiger partial charge < -0.3 is 19.5 Å². The molecule has 2 aliphatic rings. The first kappa shape index (κ1) is 16.2. The predicted molar refractivity (Wildman–Crippen MR) is 105 cm³/mol. The number of aromatic nitrogens is 1. The average Bonchev–Trinajstić information content (AvgIpc) is 3.21. The van der Waals surface area contributed by atoms with Gasteiger partial charge >= 0.3 is 6.03 Å². The van der Waals surface area contributed by atoms with Crippen LogP contribution in [0.5, 0.6) is 5.75 Å². The Labute approximate surface area is 158 Å². The molecule has 3 aromatic rings. The second kappa shape index (κ2) is 6.05. The van der Waals surface area contributed by atoms with Crippen LogP contribution in [-0.2, 0) is 13.0 Å². The topological polar surface area (TPSA) is 48.6 Å². The zero-order valence-corrected chi connectivity index (χ0v) is 15.6. The Morgan fingerprint density at radius 1 is 1.19 bits per heavy atom. The van der Waals surface area contributed by atoms with E-state index < -0.39 is 0 Å². The van der Waals surface area contributed by atoms with Crippen molar-refractivity contribution in [2.24, 2.45) is 0 Å². The zero-order valence-electron chi connectivity index (χ0n) is 15.6. The highest BCUT2D eigenvalue weighted by Gasteiger charge is 2.44. The third kappa shape index (κ3) is 2.49. The Balaban J connectivity index is 1.48. The van der Waals surface area contributed by atoms with E-state index in [0.29, 0.717) is 6.54 Å². The van der Waals surface area contributed by atoms with Gasteiger partial charge in [-0.3, -0.25) is 0 Å². The SMILES string of the molecule is COc1ccc2[nH]c3c(c2c1)CC1CN(Cc2ccccc2)C(=O)N1C3C. The van der Waals surface area contributed by atoms with Crippen molar-refractivity contribution in [3.8, 4) is 5.75 Å². The molecule has 3 heterocycles. The average molecular weight is 361 g/mol. The van der Waals surface area contributed by atoms with Gasteiger partial charge in [-0.05, 0) is 42.7 Å². The lowest BCUT2D eigenvalue weighted by molar-refractivity contribution is 0.162.